The van der Waals surface area contributed by atoms with E-state index in [4.69, 9.17) is 20.3 Å². The first kappa shape index (κ1) is 12.0. The van der Waals surface area contributed by atoms with Crippen LogP contribution in [0.15, 0.2) is 12.3 Å². The average molecular weight is 216 g/mol. The Bertz CT molecular complexity index is 244. The lowest BCUT2D eigenvalue weighted by Gasteiger charge is -2.16. The summed E-state index contributed by atoms with van der Waals surface area (Å²) in [6.45, 7) is -0.0441. The molecular formula is C9H16N2O4. The highest BCUT2D eigenvalue weighted by molar-refractivity contribution is 5.85. The van der Waals surface area contributed by atoms with Crippen molar-refractivity contribution in [2.75, 3.05) is 13.7 Å². The lowest BCUT2D eigenvalue weighted by Crippen LogP contribution is -2.35. The van der Waals surface area contributed by atoms with Crippen molar-refractivity contribution in [3.8, 4) is 0 Å². The van der Waals surface area contributed by atoms with E-state index in [1.54, 1.807) is 7.11 Å². The Labute approximate surface area is 88.0 Å². The van der Waals surface area contributed by atoms with Crippen LogP contribution in [0.3, 0.4) is 0 Å². The van der Waals surface area contributed by atoms with Crippen LogP contribution < -0.4 is 11.1 Å². The highest BCUT2D eigenvalue weighted by Gasteiger charge is 2.34. The first-order valence-corrected chi connectivity index (χ1v) is 4.68. The fourth-order valence-corrected chi connectivity index (χ4v) is 1.44. The van der Waals surface area contributed by atoms with E-state index in [1.165, 1.54) is 12.3 Å². The van der Waals surface area contributed by atoms with E-state index in [0.29, 0.717) is 6.42 Å². The second-order valence-electron chi connectivity index (χ2n) is 3.27. The predicted octanol–water partition coefficient (Wildman–Crippen LogP) is -1.30. The van der Waals surface area contributed by atoms with E-state index in [2.05, 4.69) is 5.32 Å². The third-order valence-electron chi connectivity index (χ3n) is 2.19. The minimum Gasteiger partial charge on any atom is -0.394 e. The molecule has 0 saturated carbocycles. The van der Waals surface area contributed by atoms with Crippen molar-refractivity contribution in [2.24, 2.45) is 5.73 Å². The molecule has 86 valence electrons. The highest BCUT2D eigenvalue weighted by atomic mass is 16.6. The van der Waals surface area contributed by atoms with Crippen LogP contribution >= 0.6 is 0 Å². The molecule has 0 aromatic carbocycles. The van der Waals surface area contributed by atoms with Crippen LogP contribution in [0, 0.1) is 0 Å². The van der Waals surface area contributed by atoms with Crippen LogP contribution in [-0.2, 0) is 14.3 Å². The number of rotatable bonds is 5. The molecule has 1 fully saturated rings. The quantitative estimate of drug-likeness (QED) is 0.496. The Hall–Kier alpha value is -1.11. The molecule has 1 heterocycles. The lowest BCUT2D eigenvalue weighted by molar-refractivity contribution is -0.113. The minimum atomic E-state index is -0.534. The van der Waals surface area contributed by atoms with E-state index >= 15 is 0 Å². The van der Waals surface area contributed by atoms with Crippen molar-refractivity contribution >= 4 is 5.91 Å². The number of hydrogen-bond acceptors (Lipinski definition) is 5. The van der Waals surface area contributed by atoms with Crippen LogP contribution in [0.1, 0.15) is 6.42 Å². The summed E-state index contributed by atoms with van der Waals surface area (Å²) in [4.78, 5) is 10.4. The first-order chi connectivity index (χ1) is 7.17. The standard InChI is InChI=1S/C9H16N2O4/c1-14-7-4-6(5-12)15-9(7)11-3-2-8(10)13/h2-3,6-7,9,11-12H,4-5H2,1H3,(H2,10,13)/b3-2-/t6-,7?,9+/m0/s1. The summed E-state index contributed by atoms with van der Waals surface area (Å²) in [5.41, 5.74) is 4.92. The third-order valence-corrected chi connectivity index (χ3v) is 2.19. The van der Waals surface area contributed by atoms with Gasteiger partial charge in [0.2, 0.25) is 5.91 Å². The molecule has 6 nitrogen and oxygen atoms in total. The Morgan fingerprint density at radius 2 is 2.53 bits per heavy atom. The molecule has 15 heavy (non-hydrogen) atoms. The van der Waals surface area contributed by atoms with Crippen LogP contribution in [-0.4, -0.2) is 43.2 Å². The average Bonchev–Trinajstić information content (AvgIpc) is 2.60. The van der Waals surface area contributed by atoms with Gasteiger partial charge >= 0.3 is 0 Å². The molecule has 0 spiro atoms. The molecule has 4 N–H and O–H groups in total. The van der Waals surface area contributed by atoms with Gasteiger partial charge in [-0.05, 0) is 0 Å². The zero-order valence-corrected chi connectivity index (χ0v) is 8.55. The number of hydrogen-bond donors (Lipinski definition) is 3. The Morgan fingerprint density at radius 1 is 1.80 bits per heavy atom. The van der Waals surface area contributed by atoms with Gasteiger partial charge in [-0.15, -0.1) is 0 Å². The Morgan fingerprint density at radius 3 is 3.07 bits per heavy atom. The van der Waals surface area contributed by atoms with E-state index < -0.39 is 5.91 Å². The van der Waals surface area contributed by atoms with Crippen LogP contribution in [0.2, 0.25) is 0 Å². The zero-order valence-electron chi connectivity index (χ0n) is 8.55. The summed E-state index contributed by atoms with van der Waals surface area (Å²) in [6.07, 6.45) is 2.51. The molecule has 1 rings (SSSR count). The van der Waals surface area contributed by atoms with Gasteiger partial charge in [0.25, 0.3) is 0 Å². The van der Waals surface area contributed by atoms with Gasteiger partial charge in [-0.3, -0.25) is 4.79 Å². The second-order valence-corrected chi connectivity index (χ2v) is 3.27. The number of methoxy groups -OCH3 is 1. The summed E-state index contributed by atoms with van der Waals surface area (Å²) in [5, 5.41) is 11.7. The fourth-order valence-electron chi connectivity index (χ4n) is 1.44. The van der Waals surface area contributed by atoms with Gasteiger partial charge in [-0.2, -0.15) is 0 Å². The van der Waals surface area contributed by atoms with Crippen molar-refractivity contribution in [2.45, 2.75) is 24.9 Å². The topological polar surface area (TPSA) is 93.8 Å². The number of nitrogens with one attached hydrogen (secondary N) is 1. The van der Waals surface area contributed by atoms with Crippen molar-refractivity contribution < 1.29 is 19.4 Å². The predicted molar refractivity (Wildman–Crippen MR) is 52.6 cm³/mol. The lowest BCUT2D eigenvalue weighted by atomic mass is 10.2. The number of aliphatic hydroxyl groups excluding tert-OH is 1. The SMILES string of the molecule is COC1C[C@@H](CO)O[C@H]1N/C=C\C(N)=O. The van der Waals surface area contributed by atoms with Crippen molar-refractivity contribution in [3.63, 3.8) is 0 Å². The van der Waals surface area contributed by atoms with Gasteiger partial charge in [-0.25, -0.2) is 0 Å². The molecule has 6 heteroatoms. The molecular weight excluding hydrogens is 200 g/mol. The number of primary amides is 1. The van der Waals surface area contributed by atoms with Crippen molar-refractivity contribution in [3.05, 3.63) is 12.3 Å². The maximum Gasteiger partial charge on any atom is 0.242 e. The van der Waals surface area contributed by atoms with Gasteiger partial charge in [0.1, 0.15) is 6.10 Å². The molecule has 0 radical (unpaired) electrons. The molecule has 0 aromatic heterocycles. The van der Waals surface area contributed by atoms with Gasteiger partial charge < -0.3 is 25.6 Å². The van der Waals surface area contributed by atoms with Crippen molar-refractivity contribution in [1.29, 1.82) is 0 Å². The molecule has 1 aliphatic rings. The van der Waals surface area contributed by atoms with Gasteiger partial charge in [0, 0.05) is 25.8 Å². The van der Waals surface area contributed by atoms with Gasteiger partial charge in [-0.1, -0.05) is 0 Å². The number of amides is 1. The zero-order chi connectivity index (χ0) is 11.3. The molecule has 3 atom stereocenters. The molecule has 0 aromatic rings. The summed E-state index contributed by atoms with van der Waals surface area (Å²) >= 11 is 0. The molecule has 1 unspecified atom stereocenters. The van der Waals surface area contributed by atoms with Crippen LogP contribution in [0.5, 0.6) is 0 Å². The maximum absolute atomic E-state index is 10.4. The summed E-state index contributed by atoms with van der Waals surface area (Å²) in [7, 11) is 1.57. The monoisotopic (exact) mass is 216 g/mol. The number of ether oxygens (including phenoxy) is 2. The Kier molecular flexibility index (Phi) is 4.54. The molecule has 1 aliphatic heterocycles. The number of carbonyl (C=O) groups is 1. The van der Waals surface area contributed by atoms with E-state index in [9.17, 15) is 4.79 Å². The first-order valence-electron chi connectivity index (χ1n) is 4.68. The molecule has 1 amide bonds. The minimum absolute atomic E-state index is 0.0441. The van der Waals surface area contributed by atoms with E-state index in [0.717, 1.165) is 0 Å². The third kappa shape index (κ3) is 3.50. The summed E-state index contributed by atoms with van der Waals surface area (Å²) in [6, 6.07) is 0. The highest BCUT2D eigenvalue weighted by Crippen LogP contribution is 2.20. The Balaban J connectivity index is 2.42. The van der Waals surface area contributed by atoms with Gasteiger partial charge in [0.05, 0.1) is 12.7 Å². The largest absolute Gasteiger partial charge is 0.394 e. The summed E-state index contributed by atoms with van der Waals surface area (Å²) in [5.74, 6) is -0.534. The number of aliphatic hydroxyl groups is 1. The molecule has 1 saturated heterocycles. The number of nitrogens with two attached hydrogens (primary N) is 1. The normalized spacial score (nSPS) is 30.9. The van der Waals surface area contributed by atoms with E-state index in [-0.39, 0.29) is 25.0 Å². The smallest absolute Gasteiger partial charge is 0.242 e. The molecule has 0 aliphatic carbocycles. The van der Waals surface area contributed by atoms with Crippen molar-refractivity contribution in [1.82, 2.24) is 5.32 Å². The van der Waals surface area contributed by atoms with Crippen LogP contribution in [0.4, 0.5) is 0 Å². The van der Waals surface area contributed by atoms with E-state index in [1.807, 2.05) is 0 Å². The van der Waals surface area contributed by atoms with Gasteiger partial charge in [0.15, 0.2) is 6.23 Å². The maximum atomic E-state index is 10.4. The number of carbonyl (C=O) groups excluding carboxylic acids is 1. The second kappa shape index (κ2) is 5.69. The molecule has 0 bridgehead atoms. The van der Waals surface area contributed by atoms with Crippen LogP contribution in [0.25, 0.3) is 0 Å². The fraction of sp³-hybridized carbons (Fsp3) is 0.667. The summed E-state index contributed by atoms with van der Waals surface area (Å²) < 4.78 is 10.6.